The first-order valence-corrected chi connectivity index (χ1v) is 5.46. The maximum absolute atomic E-state index is 11.2. The summed E-state index contributed by atoms with van der Waals surface area (Å²) < 4.78 is 4.93. The lowest BCUT2D eigenvalue weighted by Gasteiger charge is -2.10. The Kier molecular flexibility index (Phi) is 6.06. The zero-order valence-electron chi connectivity index (χ0n) is 9.50. The first kappa shape index (κ1) is 13.5. The van der Waals surface area contributed by atoms with E-state index in [1.165, 1.54) is 0 Å². The standard InChI is InChI=1S/C12H17NO4/c14-7-6-11(15)8-13-12(16)17-9-10-4-2-1-3-5-10/h1-5,11,14-15H,6-9H2,(H,13,16)/t11-/m0/s1. The normalized spacial score (nSPS) is 11.9. The minimum atomic E-state index is -0.746. The van der Waals surface area contributed by atoms with E-state index < -0.39 is 12.2 Å². The Morgan fingerprint density at radius 1 is 1.35 bits per heavy atom. The van der Waals surface area contributed by atoms with Gasteiger partial charge in [-0.15, -0.1) is 0 Å². The number of aliphatic hydroxyl groups excluding tert-OH is 2. The van der Waals surface area contributed by atoms with Gasteiger partial charge < -0.3 is 20.3 Å². The smallest absolute Gasteiger partial charge is 0.407 e. The highest BCUT2D eigenvalue weighted by Gasteiger charge is 2.07. The Labute approximate surface area is 100 Å². The molecular formula is C12H17NO4. The summed E-state index contributed by atoms with van der Waals surface area (Å²) in [6, 6.07) is 9.32. The summed E-state index contributed by atoms with van der Waals surface area (Å²) in [5, 5.41) is 20.2. The number of hydrogen-bond donors (Lipinski definition) is 3. The van der Waals surface area contributed by atoms with Crippen LogP contribution in [0.4, 0.5) is 4.79 Å². The second-order valence-corrected chi connectivity index (χ2v) is 3.61. The molecule has 0 heterocycles. The van der Waals surface area contributed by atoms with Gasteiger partial charge in [0.1, 0.15) is 6.61 Å². The average Bonchev–Trinajstić information content (AvgIpc) is 2.35. The van der Waals surface area contributed by atoms with E-state index in [-0.39, 0.29) is 26.2 Å². The van der Waals surface area contributed by atoms with E-state index >= 15 is 0 Å². The molecule has 1 aromatic carbocycles. The van der Waals surface area contributed by atoms with E-state index in [2.05, 4.69) is 5.32 Å². The predicted molar refractivity (Wildman–Crippen MR) is 62.3 cm³/mol. The van der Waals surface area contributed by atoms with E-state index in [0.29, 0.717) is 0 Å². The lowest BCUT2D eigenvalue weighted by molar-refractivity contribution is 0.112. The molecule has 5 heteroatoms. The summed E-state index contributed by atoms with van der Waals surface area (Å²) >= 11 is 0. The molecule has 0 aliphatic heterocycles. The molecule has 0 saturated heterocycles. The molecule has 0 spiro atoms. The van der Waals surface area contributed by atoms with Gasteiger partial charge in [0, 0.05) is 13.2 Å². The number of carbonyl (C=O) groups excluding carboxylic acids is 1. The third kappa shape index (κ3) is 5.89. The van der Waals surface area contributed by atoms with Crippen LogP contribution in [0.3, 0.4) is 0 Å². The number of aliphatic hydroxyl groups is 2. The first-order valence-electron chi connectivity index (χ1n) is 5.46. The van der Waals surface area contributed by atoms with Crippen molar-refractivity contribution in [1.82, 2.24) is 5.32 Å². The van der Waals surface area contributed by atoms with Crippen LogP contribution >= 0.6 is 0 Å². The fraction of sp³-hybridized carbons (Fsp3) is 0.417. The SMILES string of the molecule is O=C(NC[C@@H](O)CCO)OCc1ccccc1. The van der Waals surface area contributed by atoms with Gasteiger partial charge in [-0.1, -0.05) is 30.3 Å². The highest BCUT2D eigenvalue weighted by Crippen LogP contribution is 2.00. The van der Waals surface area contributed by atoms with Crippen LogP contribution in [0.25, 0.3) is 0 Å². The predicted octanol–water partition coefficient (Wildman–Crippen LogP) is 0.656. The zero-order chi connectivity index (χ0) is 12.5. The van der Waals surface area contributed by atoms with Crippen molar-refractivity contribution in [3.63, 3.8) is 0 Å². The maximum Gasteiger partial charge on any atom is 0.407 e. The van der Waals surface area contributed by atoms with Crippen molar-refractivity contribution in [3.8, 4) is 0 Å². The van der Waals surface area contributed by atoms with Crippen molar-refractivity contribution in [2.24, 2.45) is 0 Å². The van der Waals surface area contributed by atoms with Gasteiger partial charge in [0.05, 0.1) is 6.10 Å². The van der Waals surface area contributed by atoms with Gasteiger partial charge in [-0.25, -0.2) is 4.79 Å². The Hall–Kier alpha value is -1.59. The average molecular weight is 239 g/mol. The summed E-state index contributed by atoms with van der Waals surface area (Å²) in [4.78, 5) is 11.2. The van der Waals surface area contributed by atoms with Gasteiger partial charge in [0.15, 0.2) is 0 Å². The zero-order valence-corrected chi connectivity index (χ0v) is 9.50. The van der Waals surface area contributed by atoms with Gasteiger partial charge >= 0.3 is 6.09 Å². The highest BCUT2D eigenvalue weighted by molar-refractivity contribution is 5.67. The van der Waals surface area contributed by atoms with Crippen LogP contribution in [0.2, 0.25) is 0 Å². The molecule has 0 saturated carbocycles. The number of hydrogen-bond acceptors (Lipinski definition) is 4. The maximum atomic E-state index is 11.2. The van der Waals surface area contributed by atoms with Crippen molar-refractivity contribution in [2.75, 3.05) is 13.2 Å². The fourth-order valence-electron chi connectivity index (χ4n) is 1.23. The number of amides is 1. The number of benzene rings is 1. The molecular weight excluding hydrogens is 222 g/mol. The number of rotatable bonds is 6. The fourth-order valence-corrected chi connectivity index (χ4v) is 1.23. The topological polar surface area (TPSA) is 78.8 Å². The molecule has 0 bridgehead atoms. The lowest BCUT2D eigenvalue weighted by atomic mass is 10.2. The van der Waals surface area contributed by atoms with Crippen LogP contribution in [-0.4, -0.2) is 35.6 Å². The van der Waals surface area contributed by atoms with Crippen LogP contribution in [0.5, 0.6) is 0 Å². The number of carbonyl (C=O) groups is 1. The molecule has 1 aromatic rings. The lowest BCUT2D eigenvalue weighted by Crippen LogP contribution is -2.32. The van der Waals surface area contributed by atoms with Crippen LogP contribution < -0.4 is 5.32 Å². The molecule has 0 aliphatic rings. The molecule has 17 heavy (non-hydrogen) atoms. The molecule has 94 valence electrons. The molecule has 0 aromatic heterocycles. The molecule has 5 nitrogen and oxygen atoms in total. The van der Waals surface area contributed by atoms with Crippen LogP contribution in [0, 0.1) is 0 Å². The van der Waals surface area contributed by atoms with Crippen molar-refractivity contribution in [2.45, 2.75) is 19.1 Å². The largest absolute Gasteiger partial charge is 0.445 e. The van der Waals surface area contributed by atoms with E-state index in [4.69, 9.17) is 9.84 Å². The minimum absolute atomic E-state index is 0.0776. The highest BCUT2D eigenvalue weighted by atomic mass is 16.5. The minimum Gasteiger partial charge on any atom is -0.445 e. The van der Waals surface area contributed by atoms with E-state index in [9.17, 15) is 9.90 Å². The van der Waals surface area contributed by atoms with E-state index in [0.717, 1.165) is 5.56 Å². The van der Waals surface area contributed by atoms with Crippen molar-refractivity contribution >= 4 is 6.09 Å². The molecule has 1 atom stereocenters. The van der Waals surface area contributed by atoms with Gasteiger partial charge in [0.25, 0.3) is 0 Å². The Bertz CT molecular complexity index is 329. The number of alkyl carbamates (subject to hydrolysis) is 1. The van der Waals surface area contributed by atoms with Crippen molar-refractivity contribution < 1.29 is 19.7 Å². The van der Waals surface area contributed by atoms with Crippen molar-refractivity contribution in [1.29, 1.82) is 0 Å². The van der Waals surface area contributed by atoms with E-state index in [1.807, 2.05) is 30.3 Å². The van der Waals surface area contributed by atoms with E-state index in [1.54, 1.807) is 0 Å². The molecule has 3 N–H and O–H groups in total. The second-order valence-electron chi connectivity index (χ2n) is 3.61. The molecule has 1 amide bonds. The Morgan fingerprint density at radius 2 is 2.06 bits per heavy atom. The van der Waals surface area contributed by atoms with Gasteiger partial charge in [-0.2, -0.15) is 0 Å². The molecule has 0 unspecified atom stereocenters. The molecule has 0 fully saturated rings. The van der Waals surface area contributed by atoms with Gasteiger partial charge in [-0.3, -0.25) is 0 Å². The van der Waals surface area contributed by atoms with Crippen LogP contribution in [0.15, 0.2) is 30.3 Å². The quantitative estimate of drug-likeness (QED) is 0.681. The molecule has 0 aliphatic carbocycles. The Morgan fingerprint density at radius 3 is 2.71 bits per heavy atom. The third-order valence-corrected chi connectivity index (χ3v) is 2.16. The van der Waals surface area contributed by atoms with Gasteiger partial charge in [-0.05, 0) is 12.0 Å². The second kappa shape index (κ2) is 7.65. The Balaban J connectivity index is 2.17. The van der Waals surface area contributed by atoms with Gasteiger partial charge in [0.2, 0.25) is 0 Å². The molecule has 1 rings (SSSR count). The summed E-state index contributed by atoms with van der Waals surface area (Å²) in [6.07, 6.45) is -1.09. The third-order valence-electron chi connectivity index (χ3n) is 2.16. The molecule has 0 radical (unpaired) electrons. The van der Waals surface area contributed by atoms with Crippen LogP contribution in [-0.2, 0) is 11.3 Å². The monoisotopic (exact) mass is 239 g/mol. The summed E-state index contributed by atoms with van der Waals surface area (Å²) in [6.45, 7) is 0.166. The summed E-state index contributed by atoms with van der Waals surface area (Å²) in [5.74, 6) is 0. The summed E-state index contributed by atoms with van der Waals surface area (Å²) in [5.41, 5.74) is 0.901. The van der Waals surface area contributed by atoms with Crippen LogP contribution in [0.1, 0.15) is 12.0 Å². The number of nitrogens with one attached hydrogen (secondary N) is 1. The summed E-state index contributed by atoms with van der Waals surface area (Å²) in [7, 11) is 0. The number of ether oxygens (including phenoxy) is 1. The first-order chi connectivity index (χ1) is 8.22. The van der Waals surface area contributed by atoms with Crippen molar-refractivity contribution in [3.05, 3.63) is 35.9 Å².